The summed E-state index contributed by atoms with van der Waals surface area (Å²) in [7, 11) is 1.81. The molecule has 0 spiro atoms. The second kappa shape index (κ2) is 6.09. The van der Waals surface area contributed by atoms with E-state index in [0.29, 0.717) is 13.1 Å². The number of hydrogen-bond acceptors (Lipinski definition) is 2. The second-order valence-corrected chi connectivity index (χ2v) is 7.41. The standard InChI is InChI=1S/C18H20BrN3O2/c1-4-16(23)22-11-18(2,12-22)20(3)17(24)10-21-8-7-13-9-14(19)5-6-15(13)21/h4-9H,1,10-12H2,2-3H3. The highest BCUT2D eigenvalue weighted by Crippen LogP contribution is 2.27. The molecule has 0 bridgehead atoms. The summed E-state index contributed by atoms with van der Waals surface area (Å²) in [6.07, 6.45) is 3.24. The first-order chi connectivity index (χ1) is 11.3. The molecule has 2 amide bonds. The van der Waals surface area contributed by atoms with Crippen molar-refractivity contribution in [3.8, 4) is 0 Å². The number of carbonyl (C=O) groups excluding carboxylic acids is 2. The molecule has 1 aromatic carbocycles. The van der Waals surface area contributed by atoms with Crippen LogP contribution < -0.4 is 0 Å². The van der Waals surface area contributed by atoms with Crippen molar-refractivity contribution in [3.05, 3.63) is 47.6 Å². The van der Waals surface area contributed by atoms with E-state index in [1.807, 2.05) is 42.0 Å². The molecular formula is C18H20BrN3O2. The fourth-order valence-corrected chi connectivity index (χ4v) is 3.51. The lowest BCUT2D eigenvalue weighted by Gasteiger charge is -2.52. The topological polar surface area (TPSA) is 45.6 Å². The van der Waals surface area contributed by atoms with Crippen molar-refractivity contribution in [2.75, 3.05) is 20.1 Å². The number of likely N-dealkylation sites (tertiary alicyclic amines) is 1. The Labute approximate surface area is 149 Å². The van der Waals surface area contributed by atoms with Crippen molar-refractivity contribution < 1.29 is 9.59 Å². The van der Waals surface area contributed by atoms with E-state index >= 15 is 0 Å². The van der Waals surface area contributed by atoms with E-state index in [2.05, 4.69) is 22.5 Å². The van der Waals surface area contributed by atoms with Gasteiger partial charge in [0.15, 0.2) is 0 Å². The van der Waals surface area contributed by atoms with E-state index < -0.39 is 0 Å². The molecule has 6 heteroatoms. The van der Waals surface area contributed by atoms with Gasteiger partial charge in [0, 0.05) is 41.7 Å². The van der Waals surface area contributed by atoms with Gasteiger partial charge in [-0.15, -0.1) is 0 Å². The number of aromatic nitrogens is 1. The van der Waals surface area contributed by atoms with E-state index in [0.717, 1.165) is 15.4 Å². The molecule has 1 aliphatic heterocycles. The fraction of sp³-hybridized carbons (Fsp3) is 0.333. The molecule has 0 radical (unpaired) electrons. The number of halogens is 1. The Morgan fingerprint density at radius 3 is 2.75 bits per heavy atom. The third kappa shape index (κ3) is 2.86. The van der Waals surface area contributed by atoms with Gasteiger partial charge in [0.05, 0.1) is 5.54 Å². The number of amides is 2. The molecule has 0 unspecified atom stereocenters. The van der Waals surface area contributed by atoms with Crippen LogP contribution in [0.3, 0.4) is 0 Å². The normalized spacial score (nSPS) is 15.9. The number of fused-ring (bicyclic) bond motifs is 1. The van der Waals surface area contributed by atoms with Crippen molar-refractivity contribution in [3.63, 3.8) is 0 Å². The molecule has 5 nitrogen and oxygen atoms in total. The smallest absolute Gasteiger partial charge is 0.246 e. The largest absolute Gasteiger partial charge is 0.338 e. The Bertz CT molecular complexity index is 821. The van der Waals surface area contributed by atoms with Gasteiger partial charge in [0.2, 0.25) is 11.8 Å². The third-order valence-electron chi connectivity index (χ3n) is 4.77. The summed E-state index contributed by atoms with van der Waals surface area (Å²) in [6.45, 7) is 6.87. The Balaban J connectivity index is 1.70. The zero-order valence-corrected chi connectivity index (χ0v) is 15.4. The molecule has 1 aliphatic rings. The van der Waals surface area contributed by atoms with Crippen LogP contribution in [0.4, 0.5) is 0 Å². The lowest BCUT2D eigenvalue weighted by atomic mass is 9.90. The summed E-state index contributed by atoms with van der Waals surface area (Å²) in [6, 6.07) is 8.01. The number of benzene rings is 1. The minimum atomic E-state index is -0.318. The minimum absolute atomic E-state index is 0.0311. The van der Waals surface area contributed by atoms with Crippen LogP contribution in [-0.4, -0.2) is 51.9 Å². The lowest BCUT2D eigenvalue weighted by molar-refractivity contribution is -0.151. The maximum absolute atomic E-state index is 12.7. The summed E-state index contributed by atoms with van der Waals surface area (Å²) < 4.78 is 2.97. The van der Waals surface area contributed by atoms with Crippen LogP contribution in [0.15, 0.2) is 47.6 Å². The Morgan fingerprint density at radius 1 is 1.38 bits per heavy atom. The predicted molar refractivity (Wildman–Crippen MR) is 97.6 cm³/mol. The van der Waals surface area contributed by atoms with Crippen molar-refractivity contribution in [2.45, 2.75) is 19.0 Å². The Hall–Kier alpha value is -2.08. The number of rotatable bonds is 4. The first-order valence-electron chi connectivity index (χ1n) is 7.76. The summed E-state index contributed by atoms with van der Waals surface area (Å²) in [5, 5.41) is 1.09. The number of nitrogens with zero attached hydrogens (tertiary/aromatic N) is 3. The second-order valence-electron chi connectivity index (χ2n) is 6.49. The third-order valence-corrected chi connectivity index (χ3v) is 5.27. The highest BCUT2D eigenvalue weighted by molar-refractivity contribution is 9.10. The Kier molecular flexibility index (Phi) is 4.25. The molecule has 24 heavy (non-hydrogen) atoms. The van der Waals surface area contributed by atoms with Gasteiger partial charge in [-0.05, 0) is 37.3 Å². The Morgan fingerprint density at radius 2 is 2.08 bits per heavy atom. The molecule has 1 aromatic heterocycles. The number of likely N-dealkylation sites (N-methyl/N-ethyl adjacent to an activating group) is 1. The van der Waals surface area contributed by atoms with E-state index in [9.17, 15) is 9.59 Å². The molecule has 2 aromatic rings. The SMILES string of the molecule is C=CC(=O)N1CC(C)(N(C)C(=O)Cn2ccc3cc(Br)ccc32)C1. The van der Waals surface area contributed by atoms with Gasteiger partial charge in [-0.1, -0.05) is 22.5 Å². The maximum atomic E-state index is 12.7. The van der Waals surface area contributed by atoms with Gasteiger partial charge in [-0.2, -0.15) is 0 Å². The highest BCUT2D eigenvalue weighted by atomic mass is 79.9. The van der Waals surface area contributed by atoms with Gasteiger partial charge in [-0.3, -0.25) is 9.59 Å². The molecule has 0 aliphatic carbocycles. The molecule has 0 N–H and O–H groups in total. The van der Waals surface area contributed by atoms with Gasteiger partial charge in [-0.25, -0.2) is 0 Å². The van der Waals surface area contributed by atoms with Crippen LogP contribution in [-0.2, 0) is 16.1 Å². The average molecular weight is 390 g/mol. The molecule has 1 fully saturated rings. The molecule has 126 valence electrons. The molecule has 0 atom stereocenters. The van der Waals surface area contributed by atoms with Gasteiger partial charge >= 0.3 is 0 Å². The quantitative estimate of drug-likeness (QED) is 0.754. The molecule has 0 saturated carbocycles. The molecular weight excluding hydrogens is 370 g/mol. The molecule has 1 saturated heterocycles. The summed E-state index contributed by atoms with van der Waals surface area (Å²) in [4.78, 5) is 27.7. The molecule has 2 heterocycles. The zero-order valence-electron chi connectivity index (χ0n) is 13.8. The zero-order chi connectivity index (χ0) is 17.5. The van der Waals surface area contributed by atoms with E-state index in [-0.39, 0.29) is 23.9 Å². The fourth-order valence-electron chi connectivity index (χ4n) is 3.13. The van der Waals surface area contributed by atoms with Crippen LogP contribution in [0.2, 0.25) is 0 Å². The summed E-state index contributed by atoms with van der Waals surface area (Å²) in [5.74, 6) is -0.0566. The van der Waals surface area contributed by atoms with Crippen molar-refractivity contribution in [1.82, 2.24) is 14.4 Å². The number of hydrogen-bond donors (Lipinski definition) is 0. The van der Waals surface area contributed by atoms with Crippen molar-refractivity contribution in [2.24, 2.45) is 0 Å². The van der Waals surface area contributed by atoms with E-state index in [4.69, 9.17) is 0 Å². The highest BCUT2D eigenvalue weighted by Gasteiger charge is 2.45. The number of carbonyl (C=O) groups is 2. The monoisotopic (exact) mass is 389 g/mol. The average Bonchev–Trinajstić information content (AvgIpc) is 2.92. The van der Waals surface area contributed by atoms with Crippen molar-refractivity contribution in [1.29, 1.82) is 0 Å². The van der Waals surface area contributed by atoms with Crippen LogP contribution >= 0.6 is 15.9 Å². The van der Waals surface area contributed by atoms with E-state index in [1.165, 1.54) is 6.08 Å². The minimum Gasteiger partial charge on any atom is -0.338 e. The van der Waals surface area contributed by atoms with Crippen molar-refractivity contribution >= 4 is 38.6 Å². The lowest BCUT2D eigenvalue weighted by Crippen LogP contribution is -2.69. The van der Waals surface area contributed by atoms with Gasteiger partial charge in [0.25, 0.3) is 0 Å². The van der Waals surface area contributed by atoms with Crippen LogP contribution in [0.5, 0.6) is 0 Å². The van der Waals surface area contributed by atoms with E-state index in [1.54, 1.807) is 16.8 Å². The van der Waals surface area contributed by atoms with Crippen LogP contribution in [0.1, 0.15) is 6.92 Å². The van der Waals surface area contributed by atoms with Crippen LogP contribution in [0.25, 0.3) is 10.9 Å². The predicted octanol–water partition coefficient (Wildman–Crippen LogP) is 2.65. The van der Waals surface area contributed by atoms with Gasteiger partial charge < -0.3 is 14.4 Å². The maximum Gasteiger partial charge on any atom is 0.246 e. The molecule has 3 rings (SSSR count). The first-order valence-corrected chi connectivity index (χ1v) is 8.56. The first kappa shape index (κ1) is 16.8. The summed E-state index contributed by atoms with van der Waals surface area (Å²) in [5.41, 5.74) is 0.712. The van der Waals surface area contributed by atoms with Crippen LogP contribution in [0, 0.1) is 0 Å². The van der Waals surface area contributed by atoms with Gasteiger partial charge in [0.1, 0.15) is 6.54 Å². The summed E-state index contributed by atoms with van der Waals surface area (Å²) >= 11 is 3.46.